The molecule has 1 aromatic heterocycles. The molecule has 2 rings (SSSR count). The van der Waals surface area contributed by atoms with E-state index in [0.717, 1.165) is 18.7 Å². The number of aromatic nitrogens is 2. The fourth-order valence-electron chi connectivity index (χ4n) is 2.50. The minimum absolute atomic E-state index is 0.182. The van der Waals surface area contributed by atoms with Crippen LogP contribution in [0.3, 0.4) is 0 Å². The van der Waals surface area contributed by atoms with E-state index in [1.807, 2.05) is 6.20 Å². The third kappa shape index (κ3) is 1.27. The molecule has 1 aromatic rings. The fraction of sp³-hybridized carbons (Fsp3) is 0.700. The highest BCUT2D eigenvalue weighted by Gasteiger charge is 2.41. The van der Waals surface area contributed by atoms with Gasteiger partial charge in [-0.05, 0) is 18.8 Å². The molecule has 2 atom stereocenters. The summed E-state index contributed by atoms with van der Waals surface area (Å²) in [7, 11) is 0. The van der Waals surface area contributed by atoms with Crippen LogP contribution >= 0.6 is 0 Å². The Morgan fingerprint density at radius 2 is 2.62 bits per heavy atom. The summed E-state index contributed by atoms with van der Waals surface area (Å²) in [6, 6.07) is 0. The SMILES string of the molecule is CCC1CCCC1(N)c1ncc[nH]1. The number of nitrogens with two attached hydrogens (primary N) is 1. The van der Waals surface area contributed by atoms with Crippen LogP contribution in [0.1, 0.15) is 38.4 Å². The molecule has 0 saturated heterocycles. The Kier molecular flexibility index (Phi) is 2.12. The van der Waals surface area contributed by atoms with E-state index in [-0.39, 0.29) is 5.54 Å². The van der Waals surface area contributed by atoms with Gasteiger partial charge >= 0.3 is 0 Å². The van der Waals surface area contributed by atoms with Gasteiger partial charge in [0.05, 0.1) is 5.54 Å². The van der Waals surface area contributed by atoms with Crippen LogP contribution in [0.4, 0.5) is 0 Å². The Balaban J connectivity index is 2.29. The first-order valence-electron chi connectivity index (χ1n) is 5.06. The number of rotatable bonds is 2. The van der Waals surface area contributed by atoms with E-state index in [0.29, 0.717) is 5.92 Å². The van der Waals surface area contributed by atoms with Crippen molar-refractivity contribution < 1.29 is 0 Å². The van der Waals surface area contributed by atoms with Gasteiger partial charge < -0.3 is 10.7 Å². The second-order valence-electron chi connectivity index (χ2n) is 3.98. The van der Waals surface area contributed by atoms with E-state index in [1.165, 1.54) is 12.8 Å². The third-order valence-electron chi connectivity index (χ3n) is 3.30. The molecule has 13 heavy (non-hydrogen) atoms. The lowest BCUT2D eigenvalue weighted by Crippen LogP contribution is -2.41. The minimum Gasteiger partial charge on any atom is -0.347 e. The van der Waals surface area contributed by atoms with E-state index in [9.17, 15) is 0 Å². The first-order chi connectivity index (χ1) is 6.27. The normalized spacial score (nSPS) is 33.8. The zero-order valence-corrected chi connectivity index (χ0v) is 8.09. The highest BCUT2D eigenvalue weighted by atomic mass is 15.0. The quantitative estimate of drug-likeness (QED) is 0.727. The minimum atomic E-state index is -0.182. The number of H-pyrrole nitrogens is 1. The number of nitrogens with one attached hydrogen (secondary N) is 1. The van der Waals surface area contributed by atoms with Crippen molar-refractivity contribution in [1.82, 2.24) is 9.97 Å². The van der Waals surface area contributed by atoms with Gasteiger partial charge in [0.2, 0.25) is 0 Å². The molecule has 0 spiro atoms. The highest BCUT2D eigenvalue weighted by molar-refractivity contribution is 5.10. The standard InChI is InChI=1S/C10H17N3/c1-2-8-4-3-5-10(8,11)9-12-6-7-13-9/h6-8H,2-5,11H2,1H3,(H,12,13). The Hall–Kier alpha value is -0.830. The Bertz CT molecular complexity index is 268. The second-order valence-corrected chi connectivity index (χ2v) is 3.98. The molecular formula is C10H17N3. The summed E-state index contributed by atoms with van der Waals surface area (Å²) >= 11 is 0. The van der Waals surface area contributed by atoms with E-state index < -0.39 is 0 Å². The summed E-state index contributed by atoms with van der Waals surface area (Å²) in [5, 5.41) is 0. The molecule has 1 saturated carbocycles. The van der Waals surface area contributed by atoms with E-state index >= 15 is 0 Å². The van der Waals surface area contributed by atoms with Crippen LogP contribution < -0.4 is 5.73 Å². The van der Waals surface area contributed by atoms with Crippen LogP contribution in [0.15, 0.2) is 12.4 Å². The van der Waals surface area contributed by atoms with Crippen molar-refractivity contribution in [2.45, 2.75) is 38.1 Å². The van der Waals surface area contributed by atoms with Gasteiger partial charge in [0, 0.05) is 12.4 Å². The van der Waals surface area contributed by atoms with Gasteiger partial charge in [-0.1, -0.05) is 19.8 Å². The Morgan fingerprint density at radius 1 is 1.77 bits per heavy atom. The van der Waals surface area contributed by atoms with Crippen LogP contribution in [-0.2, 0) is 5.54 Å². The highest BCUT2D eigenvalue weighted by Crippen LogP contribution is 2.41. The maximum absolute atomic E-state index is 6.39. The summed E-state index contributed by atoms with van der Waals surface area (Å²) in [6.45, 7) is 2.21. The molecule has 0 radical (unpaired) electrons. The molecule has 0 aliphatic heterocycles. The molecule has 3 heteroatoms. The lowest BCUT2D eigenvalue weighted by Gasteiger charge is -2.28. The molecule has 0 aromatic carbocycles. The molecule has 1 aliphatic carbocycles. The second kappa shape index (κ2) is 3.14. The molecule has 1 aliphatic rings. The predicted molar refractivity (Wildman–Crippen MR) is 52.1 cm³/mol. The number of hydrogen-bond acceptors (Lipinski definition) is 2. The molecule has 1 fully saturated rings. The molecular weight excluding hydrogens is 162 g/mol. The summed E-state index contributed by atoms with van der Waals surface area (Å²) in [5.74, 6) is 1.57. The maximum Gasteiger partial charge on any atom is 0.126 e. The van der Waals surface area contributed by atoms with Crippen LogP contribution in [0, 0.1) is 5.92 Å². The van der Waals surface area contributed by atoms with Gasteiger partial charge in [0.1, 0.15) is 5.82 Å². The van der Waals surface area contributed by atoms with Gasteiger partial charge in [-0.2, -0.15) is 0 Å². The van der Waals surface area contributed by atoms with Gasteiger partial charge in [0.25, 0.3) is 0 Å². The van der Waals surface area contributed by atoms with E-state index in [2.05, 4.69) is 16.9 Å². The number of imidazole rings is 1. The predicted octanol–water partition coefficient (Wildman–Crippen LogP) is 1.77. The zero-order valence-electron chi connectivity index (χ0n) is 8.09. The third-order valence-corrected chi connectivity index (χ3v) is 3.30. The molecule has 1 heterocycles. The van der Waals surface area contributed by atoms with E-state index in [4.69, 9.17) is 5.73 Å². The largest absolute Gasteiger partial charge is 0.347 e. The lowest BCUT2D eigenvalue weighted by molar-refractivity contribution is 0.300. The van der Waals surface area contributed by atoms with Crippen LogP contribution in [-0.4, -0.2) is 9.97 Å². The Labute approximate surface area is 78.7 Å². The summed E-state index contributed by atoms with van der Waals surface area (Å²) in [5.41, 5.74) is 6.20. The van der Waals surface area contributed by atoms with Gasteiger partial charge in [-0.25, -0.2) is 4.98 Å². The van der Waals surface area contributed by atoms with Gasteiger partial charge in [-0.15, -0.1) is 0 Å². The monoisotopic (exact) mass is 179 g/mol. The van der Waals surface area contributed by atoms with E-state index in [1.54, 1.807) is 6.20 Å². The van der Waals surface area contributed by atoms with Crippen molar-refractivity contribution >= 4 is 0 Å². The molecule has 0 amide bonds. The van der Waals surface area contributed by atoms with Crippen molar-refractivity contribution in [3.8, 4) is 0 Å². The van der Waals surface area contributed by atoms with Crippen LogP contribution in [0.5, 0.6) is 0 Å². The first-order valence-corrected chi connectivity index (χ1v) is 5.06. The molecule has 72 valence electrons. The number of nitrogens with zero attached hydrogens (tertiary/aromatic N) is 1. The van der Waals surface area contributed by atoms with Crippen LogP contribution in [0.2, 0.25) is 0 Å². The molecule has 0 bridgehead atoms. The summed E-state index contributed by atoms with van der Waals surface area (Å²) < 4.78 is 0. The first kappa shape index (κ1) is 8.75. The number of aromatic amines is 1. The molecule has 3 nitrogen and oxygen atoms in total. The average molecular weight is 179 g/mol. The van der Waals surface area contributed by atoms with Crippen molar-refractivity contribution in [3.05, 3.63) is 18.2 Å². The van der Waals surface area contributed by atoms with Crippen molar-refractivity contribution in [3.63, 3.8) is 0 Å². The summed E-state index contributed by atoms with van der Waals surface area (Å²) in [4.78, 5) is 7.44. The molecule has 3 N–H and O–H groups in total. The maximum atomic E-state index is 6.39. The Morgan fingerprint density at radius 3 is 3.23 bits per heavy atom. The molecule has 2 unspecified atom stereocenters. The summed E-state index contributed by atoms with van der Waals surface area (Å²) in [6.07, 6.45) is 8.34. The average Bonchev–Trinajstić information content (AvgIpc) is 2.72. The zero-order chi connectivity index (χ0) is 9.31. The van der Waals surface area contributed by atoms with Gasteiger partial charge in [0.15, 0.2) is 0 Å². The number of hydrogen-bond donors (Lipinski definition) is 2. The topological polar surface area (TPSA) is 54.7 Å². The fourth-order valence-corrected chi connectivity index (χ4v) is 2.50. The van der Waals surface area contributed by atoms with Crippen molar-refractivity contribution in [2.75, 3.05) is 0 Å². The smallest absolute Gasteiger partial charge is 0.126 e. The van der Waals surface area contributed by atoms with Crippen LogP contribution in [0.25, 0.3) is 0 Å². The van der Waals surface area contributed by atoms with Crippen molar-refractivity contribution in [2.24, 2.45) is 11.7 Å². The lowest BCUT2D eigenvalue weighted by atomic mass is 9.85. The van der Waals surface area contributed by atoms with Crippen molar-refractivity contribution in [1.29, 1.82) is 0 Å². The van der Waals surface area contributed by atoms with Gasteiger partial charge in [-0.3, -0.25) is 0 Å².